The third-order valence-electron chi connectivity index (χ3n) is 22.3. The zero-order chi connectivity index (χ0) is 46.1. The fraction of sp³-hybridized carbons (Fsp3) is 0.639. The number of nitrogens with zero attached hydrogens (tertiary/aromatic N) is 2. The van der Waals surface area contributed by atoms with E-state index in [1.165, 1.54) is 80.1 Å². The van der Waals surface area contributed by atoms with Crippen LogP contribution in [-0.4, -0.2) is 65.1 Å². The molecule has 3 spiro atoms. The average Bonchev–Trinajstić information content (AvgIpc) is 3.80. The Kier molecular flexibility index (Phi) is 9.37. The van der Waals surface area contributed by atoms with Crippen molar-refractivity contribution in [1.29, 1.82) is 0 Å². The Balaban J connectivity index is 1.04. The van der Waals surface area contributed by atoms with E-state index >= 15 is 9.59 Å². The molecule has 18 rings (SSSR count). The first-order valence-electron chi connectivity index (χ1n) is 28.2. The number of aliphatic hydroxyl groups excluding tert-OH is 1. The van der Waals surface area contributed by atoms with Gasteiger partial charge in [0.1, 0.15) is 11.2 Å². The molecule has 2 saturated carbocycles. The Morgan fingerprint density at radius 3 is 2.65 bits per heavy atom. The summed E-state index contributed by atoms with van der Waals surface area (Å²) in [6, 6.07) is 16.6. The van der Waals surface area contributed by atoms with Gasteiger partial charge in [-0.3, -0.25) is 9.69 Å². The van der Waals surface area contributed by atoms with E-state index in [1.54, 1.807) is 11.3 Å². The van der Waals surface area contributed by atoms with Crippen LogP contribution in [0.2, 0.25) is 0 Å². The molecule has 16 bridgehead atoms. The van der Waals surface area contributed by atoms with Crippen molar-refractivity contribution in [3.63, 3.8) is 0 Å². The number of ether oxygens (including phenoxy) is 2. The largest absolute Gasteiger partial charge is 0.509 e. The molecule has 2 aromatic carbocycles. The molecule has 0 radical (unpaired) electrons. The van der Waals surface area contributed by atoms with Crippen molar-refractivity contribution < 1.29 is 24.2 Å². The van der Waals surface area contributed by atoms with Crippen molar-refractivity contribution in [2.24, 2.45) is 75.7 Å². The normalized spacial score (nSPS) is 43.1. The molecule has 7 aliphatic carbocycles. The molecule has 9 aliphatic heterocycles. The number of piperidine rings is 2. The summed E-state index contributed by atoms with van der Waals surface area (Å²) in [5.41, 5.74) is 14.4. The Labute approximate surface area is 409 Å². The molecular formula is C61H73N3O5. The monoisotopic (exact) mass is 928 g/mol. The maximum Gasteiger partial charge on any atom is 0.339 e. The molecule has 362 valence electrons. The van der Waals surface area contributed by atoms with Gasteiger partial charge in [-0.05, 0) is 154 Å². The van der Waals surface area contributed by atoms with Gasteiger partial charge in [0, 0.05) is 67.2 Å². The number of aliphatic hydroxyl groups is 1. The van der Waals surface area contributed by atoms with Crippen LogP contribution < -0.4 is 5.73 Å². The van der Waals surface area contributed by atoms with Crippen LogP contribution in [0.1, 0.15) is 142 Å². The highest BCUT2D eigenvalue weighted by molar-refractivity contribution is 6.00. The highest BCUT2D eigenvalue weighted by atomic mass is 16.6. The summed E-state index contributed by atoms with van der Waals surface area (Å²) in [6.45, 7) is 6.38. The van der Waals surface area contributed by atoms with E-state index in [4.69, 9.17) is 15.2 Å². The van der Waals surface area contributed by atoms with Gasteiger partial charge in [0.05, 0.1) is 11.0 Å². The number of rotatable bonds is 5. The Morgan fingerprint density at radius 1 is 0.899 bits per heavy atom. The second kappa shape index (κ2) is 15.2. The molecule has 3 saturated heterocycles. The maximum atomic E-state index is 16.5. The van der Waals surface area contributed by atoms with Gasteiger partial charge in [-0.15, -0.1) is 0 Å². The fourth-order valence-electron chi connectivity index (χ4n) is 20.2. The number of hydrogen-bond acceptors (Lipinski definition) is 8. The van der Waals surface area contributed by atoms with Gasteiger partial charge in [-0.2, -0.15) is 0 Å². The first-order chi connectivity index (χ1) is 33.7. The van der Waals surface area contributed by atoms with Crippen LogP contribution in [0.15, 0.2) is 88.6 Å². The predicted octanol–water partition coefficient (Wildman–Crippen LogP) is 10.7. The molecule has 5 fully saturated rings. The van der Waals surface area contributed by atoms with E-state index in [0.29, 0.717) is 79.2 Å². The second-order valence-corrected chi connectivity index (χ2v) is 25.3. The first-order valence-corrected chi connectivity index (χ1v) is 28.2. The lowest BCUT2D eigenvalue weighted by atomic mass is 9.27. The van der Waals surface area contributed by atoms with Crippen LogP contribution in [0, 0.1) is 70.0 Å². The van der Waals surface area contributed by atoms with Crippen molar-refractivity contribution in [3.05, 3.63) is 116 Å². The number of allylic oxidation sites excluding steroid dienone is 4. The molecule has 69 heavy (non-hydrogen) atoms. The lowest BCUT2D eigenvalue weighted by molar-refractivity contribution is -0.282. The van der Waals surface area contributed by atoms with Crippen LogP contribution in [0.25, 0.3) is 0 Å². The van der Waals surface area contributed by atoms with Crippen LogP contribution >= 0.6 is 0 Å². The first kappa shape index (κ1) is 42.5. The number of hydrogen-bond donors (Lipinski definition) is 2. The highest BCUT2D eigenvalue weighted by Gasteiger charge is 2.94. The maximum absolute atomic E-state index is 16.5. The minimum Gasteiger partial charge on any atom is -0.509 e. The molecule has 15 atom stereocenters. The van der Waals surface area contributed by atoms with Crippen LogP contribution in [0.4, 0.5) is 0 Å². The number of carbonyl (C=O) groups excluding carboxylic acids is 2. The predicted molar refractivity (Wildman–Crippen MR) is 264 cm³/mol. The Hall–Kier alpha value is -4.14. The third kappa shape index (κ3) is 5.44. The van der Waals surface area contributed by atoms with Gasteiger partial charge < -0.3 is 25.2 Å². The molecule has 2 aromatic rings. The summed E-state index contributed by atoms with van der Waals surface area (Å²) in [5.74, 6) is 3.35. The summed E-state index contributed by atoms with van der Waals surface area (Å²) in [4.78, 5) is 37.6. The number of carbonyl (C=O) groups is 2. The van der Waals surface area contributed by atoms with E-state index in [9.17, 15) is 5.11 Å². The molecule has 0 aromatic heterocycles. The zero-order valence-corrected chi connectivity index (χ0v) is 40.9. The fourth-order valence-corrected chi connectivity index (χ4v) is 20.2. The summed E-state index contributed by atoms with van der Waals surface area (Å²) in [6.07, 6.45) is 24.5. The van der Waals surface area contributed by atoms with Gasteiger partial charge in [-0.1, -0.05) is 105 Å². The van der Waals surface area contributed by atoms with E-state index in [1.807, 2.05) is 0 Å². The summed E-state index contributed by atoms with van der Waals surface area (Å²) in [5, 5.41) is 13.5. The van der Waals surface area contributed by atoms with E-state index in [-0.39, 0.29) is 53.3 Å². The molecular weight excluding hydrogens is 855 g/mol. The van der Waals surface area contributed by atoms with Crippen LogP contribution in [0.5, 0.6) is 0 Å². The number of aryl methyl sites for hydroxylation is 2. The molecule has 8 nitrogen and oxygen atoms in total. The molecule has 9 heterocycles. The average molecular weight is 928 g/mol. The Bertz CT molecular complexity index is 2690. The molecule has 0 amide bonds. The van der Waals surface area contributed by atoms with Gasteiger partial charge in [0.25, 0.3) is 0 Å². The third-order valence-corrected chi connectivity index (χ3v) is 22.3. The number of benzene rings is 2. The standard InChI is InChI=1S/C61H73N3O5/c1-34-24-41-18-20-48-42-26-39-31-63(33-42)43(27-35-8-3-2-4-9-35)30-49(65)56-59-22-21-45-53(55(41)64(48)32-39)51(34)46-28-38-11-5-10-36(25-38)15-16-37-17-19-44(46)54(45)60(59,58(67)68-56)50(29-37)61(59)47-14-6-12-40(13-7-23-62)52(47)57(66)69-61/h5-6,10-12,14,17,19,25,34-35,37,39,42-44,46,48,50-51,53,65H,2-4,7-9,13,15-16,18,20-24,26-33,62H2,1H3. The van der Waals surface area contributed by atoms with E-state index in [0.717, 1.165) is 69.3 Å². The van der Waals surface area contributed by atoms with Crippen molar-refractivity contribution in [2.45, 2.75) is 147 Å². The van der Waals surface area contributed by atoms with Gasteiger partial charge >= 0.3 is 11.9 Å². The van der Waals surface area contributed by atoms with Gasteiger partial charge in [0.2, 0.25) is 0 Å². The van der Waals surface area contributed by atoms with E-state index < -0.39 is 16.4 Å². The number of nitrogens with two attached hydrogens (primary N) is 1. The molecule has 3 N–H and O–H groups in total. The molecule has 16 aliphatic rings. The minimum absolute atomic E-state index is 0.0265. The Morgan fingerprint density at radius 2 is 1.77 bits per heavy atom. The minimum atomic E-state index is -1.17. The smallest absolute Gasteiger partial charge is 0.339 e. The summed E-state index contributed by atoms with van der Waals surface area (Å²) < 4.78 is 14.6. The summed E-state index contributed by atoms with van der Waals surface area (Å²) >= 11 is 0. The van der Waals surface area contributed by atoms with Gasteiger partial charge in [0.15, 0.2) is 11.4 Å². The lowest BCUT2D eigenvalue weighted by Gasteiger charge is -2.73. The SMILES string of the molecule is CC1CC2=C3C4C5=C6C7C=CC(CCc8cccc(c8)CC7C14)CC1C64C(=O)OC(=C(O)CC(CC6CCCCC6)N6CC7CC(C6)C(CC2)N3C7)C4(CC5)C12OC(=O)c1c(CCCN)cccc12. The summed E-state index contributed by atoms with van der Waals surface area (Å²) in [7, 11) is 0. The lowest BCUT2D eigenvalue weighted by Crippen LogP contribution is -2.78. The van der Waals surface area contributed by atoms with Crippen molar-refractivity contribution in [2.75, 3.05) is 26.2 Å². The van der Waals surface area contributed by atoms with Crippen molar-refractivity contribution in [1.82, 2.24) is 9.80 Å². The number of esters is 2. The van der Waals surface area contributed by atoms with Crippen molar-refractivity contribution in [3.8, 4) is 0 Å². The van der Waals surface area contributed by atoms with Crippen LogP contribution in [-0.2, 0) is 39.1 Å². The topological polar surface area (TPSA) is 105 Å². The van der Waals surface area contributed by atoms with E-state index in [2.05, 4.69) is 71.3 Å². The van der Waals surface area contributed by atoms with Crippen molar-refractivity contribution >= 4 is 11.9 Å². The quantitative estimate of drug-likeness (QED) is 0.226. The molecule has 8 heteroatoms. The van der Waals surface area contributed by atoms with Crippen LogP contribution in [0.3, 0.4) is 0 Å². The highest BCUT2D eigenvalue weighted by Crippen LogP contribution is 2.88. The van der Waals surface area contributed by atoms with Gasteiger partial charge in [-0.25, -0.2) is 4.79 Å². The second-order valence-electron chi connectivity index (χ2n) is 25.3. The number of fused-ring (bicyclic) bond motifs is 7. The zero-order valence-electron chi connectivity index (χ0n) is 40.9. The molecule has 15 unspecified atom stereocenters.